The maximum absolute atomic E-state index is 10.2. The van der Waals surface area contributed by atoms with Gasteiger partial charge in [0, 0.05) is 5.11 Å². The molecule has 0 unspecified atom stereocenters. The minimum atomic E-state index is -0.149. The number of nitrogens with one attached hydrogen (secondary N) is 1. The number of nitrogens with zero attached hydrogens (tertiary/aromatic N) is 2. The zero-order valence-electron chi connectivity index (χ0n) is 5.07. The zero-order valence-corrected chi connectivity index (χ0v) is 5.07. The Morgan fingerprint density at radius 2 is 2.56 bits per heavy atom. The highest BCUT2D eigenvalue weighted by Crippen LogP contribution is 1.69. The van der Waals surface area contributed by atoms with Gasteiger partial charge in [-0.2, -0.15) is 0 Å². The lowest BCUT2D eigenvalue weighted by atomic mass is 10.8. The fourth-order valence-electron chi connectivity index (χ4n) is 0.243. The van der Waals surface area contributed by atoms with Crippen molar-refractivity contribution in [1.29, 1.82) is 0 Å². The third kappa shape index (κ3) is 4.98. The molecule has 2 N–H and O–H groups in total. The summed E-state index contributed by atoms with van der Waals surface area (Å²) in [5.41, 5.74) is 1.88. The van der Waals surface area contributed by atoms with Crippen molar-refractivity contribution in [1.82, 2.24) is 5.59 Å². The van der Waals surface area contributed by atoms with Crippen LogP contribution in [-0.4, -0.2) is 30.3 Å². The normalized spacial score (nSPS) is 11.6. The van der Waals surface area contributed by atoms with Gasteiger partial charge in [0.15, 0.2) is 0 Å². The molecular weight excluding hydrogens is 126 g/mol. The molecule has 0 atom stereocenters. The zero-order chi connectivity index (χ0) is 7.11. The summed E-state index contributed by atoms with van der Waals surface area (Å²) in [6, 6.07) is 0. The van der Waals surface area contributed by atoms with Crippen molar-refractivity contribution >= 4 is 0 Å². The van der Waals surface area contributed by atoms with Gasteiger partial charge in [0.05, 0.1) is 18.7 Å². The smallest absolute Gasteiger partial charge is 0.129 e. The largest absolute Gasteiger partial charge is 0.570 e. The van der Waals surface area contributed by atoms with E-state index in [-0.39, 0.29) is 18.1 Å². The monoisotopic (exact) mass is 135 g/mol. The highest BCUT2D eigenvalue weighted by Gasteiger charge is 1.87. The lowest BCUT2D eigenvalue weighted by Gasteiger charge is -1.96. The third-order valence-corrected chi connectivity index (χ3v) is 0.498. The Hall–Kier alpha value is -0.880. The summed E-state index contributed by atoms with van der Waals surface area (Å²) >= 11 is 0. The van der Waals surface area contributed by atoms with Gasteiger partial charge >= 0.3 is 0 Å². The molecule has 0 saturated heterocycles. The first-order chi connectivity index (χ1) is 4.31. The molecule has 0 bridgehead atoms. The minimum Gasteiger partial charge on any atom is -0.570 e. The molecule has 6 nitrogen and oxygen atoms in total. The van der Waals surface area contributed by atoms with Crippen molar-refractivity contribution in [2.75, 3.05) is 20.3 Å². The molecule has 0 aromatic heterocycles. The van der Waals surface area contributed by atoms with Crippen molar-refractivity contribution in [2.24, 2.45) is 5.11 Å². The first-order valence-corrected chi connectivity index (χ1v) is 2.35. The second kappa shape index (κ2) is 5.26. The van der Waals surface area contributed by atoms with Crippen LogP contribution in [0.2, 0.25) is 0 Å². The number of rotatable bonds is 4. The van der Waals surface area contributed by atoms with Crippen LogP contribution >= 0.6 is 0 Å². The summed E-state index contributed by atoms with van der Waals surface area (Å²) in [7, 11) is 1.29. The van der Waals surface area contributed by atoms with Crippen molar-refractivity contribution in [3.05, 3.63) is 5.21 Å². The molecule has 0 aromatic rings. The van der Waals surface area contributed by atoms with Crippen LogP contribution < -0.4 is 5.59 Å². The van der Waals surface area contributed by atoms with Crippen LogP contribution in [0.5, 0.6) is 0 Å². The van der Waals surface area contributed by atoms with Gasteiger partial charge < -0.3 is 10.3 Å². The summed E-state index contributed by atoms with van der Waals surface area (Å²) in [6.45, 7) is -0.0794. The van der Waals surface area contributed by atoms with Crippen molar-refractivity contribution in [3.8, 4) is 0 Å². The second-order valence-electron chi connectivity index (χ2n) is 1.16. The highest BCUT2D eigenvalue weighted by molar-refractivity contribution is 4.23. The van der Waals surface area contributed by atoms with Crippen LogP contribution in [0.15, 0.2) is 5.11 Å². The number of aliphatic hydroxyl groups excluding tert-OH is 1. The van der Waals surface area contributed by atoms with Gasteiger partial charge in [-0.25, -0.2) is 4.84 Å². The summed E-state index contributed by atoms with van der Waals surface area (Å²) in [5, 5.41) is 21.6. The highest BCUT2D eigenvalue weighted by atomic mass is 16.7. The van der Waals surface area contributed by atoms with E-state index >= 15 is 0 Å². The lowest BCUT2D eigenvalue weighted by Crippen LogP contribution is -2.21. The molecular formula is C3H9N3O3. The van der Waals surface area contributed by atoms with E-state index in [2.05, 4.69) is 9.95 Å². The average Bonchev–Trinajstić information content (AvgIpc) is 1.85. The van der Waals surface area contributed by atoms with Gasteiger partial charge in [0.2, 0.25) is 0 Å². The van der Waals surface area contributed by atoms with E-state index in [0.717, 1.165) is 0 Å². The van der Waals surface area contributed by atoms with Crippen LogP contribution in [-0.2, 0) is 4.84 Å². The van der Waals surface area contributed by atoms with Crippen molar-refractivity contribution < 1.29 is 14.9 Å². The van der Waals surface area contributed by atoms with E-state index in [1.165, 1.54) is 7.11 Å². The third-order valence-electron chi connectivity index (χ3n) is 0.498. The minimum absolute atomic E-state index is 0.0693. The first-order valence-electron chi connectivity index (χ1n) is 2.35. The van der Waals surface area contributed by atoms with E-state index in [1.54, 1.807) is 0 Å². The molecule has 0 aliphatic heterocycles. The van der Waals surface area contributed by atoms with E-state index in [4.69, 9.17) is 5.11 Å². The average molecular weight is 135 g/mol. The predicted molar refractivity (Wildman–Crippen MR) is 28.2 cm³/mol. The van der Waals surface area contributed by atoms with Crippen LogP contribution in [0, 0.1) is 5.21 Å². The fraction of sp³-hybridized carbons (Fsp3) is 1.00. The Labute approximate surface area is 52.3 Å². The topological polar surface area (TPSA) is 79.9 Å². The predicted octanol–water partition coefficient (Wildman–Crippen LogP) is -0.993. The summed E-state index contributed by atoms with van der Waals surface area (Å²) in [6.07, 6.45) is 0. The van der Waals surface area contributed by atoms with Crippen molar-refractivity contribution in [3.63, 3.8) is 0 Å². The standard InChI is InChI=1S/C3H9N3O3/c1-9-5-6(8)4-2-3-7/h7H,2-3H2,1H3,(H,4,5). The Kier molecular flexibility index (Phi) is 4.75. The number of hydrogen-bond acceptors (Lipinski definition) is 4. The first kappa shape index (κ1) is 8.12. The summed E-state index contributed by atoms with van der Waals surface area (Å²) in [5.74, 6) is 0. The number of hydrogen-bond donors (Lipinski definition) is 2. The molecule has 0 spiro atoms. The van der Waals surface area contributed by atoms with Crippen molar-refractivity contribution in [2.45, 2.75) is 0 Å². The molecule has 0 rings (SSSR count). The number of hydrazine groups is 1. The molecule has 54 valence electrons. The molecule has 9 heavy (non-hydrogen) atoms. The van der Waals surface area contributed by atoms with Crippen LogP contribution in [0.4, 0.5) is 0 Å². The fourth-order valence-corrected chi connectivity index (χ4v) is 0.243. The molecule has 0 aromatic carbocycles. The Morgan fingerprint density at radius 3 is 3.00 bits per heavy atom. The Balaban J connectivity index is 3.30. The Morgan fingerprint density at radius 1 is 1.89 bits per heavy atom. The maximum Gasteiger partial charge on any atom is 0.129 e. The molecule has 0 aliphatic rings. The van der Waals surface area contributed by atoms with E-state index in [0.29, 0.717) is 0 Å². The van der Waals surface area contributed by atoms with E-state index in [9.17, 15) is 5.21 Å². The van der Waals surface area contributed by atoms with Crippen LogP contribution in [0.25, 0.3) is 0 Å². The van der Waals surface area contributed by atoms with E-state index in [1.807, 2.05) is 5.59 Å². The quantitative estimate of drug-likeness (QED) is 0.294. The summed E-state index contributed by atoms with van der Waals surface area (Å²) in [4.78, 5) is 4.32. The van der Waals surface area contributed by atoms with Gasteiger partial charge in [-0.1, -0.05) is 0 Å². The van der Waals surface area contributed by atoms with Gasteiger partial charge in [0.1, 0.15) is 6.54 Å². The van der Waals surface area contributed by atoms with Gasteiger partial charge in [0.25, 0.3) is 0 Å². The lowest BCUT2D eigenvalue weighted by molar-refractivity contribution is -0.643. The molecule has 0 radical (unpaired) electrons. The SMILES string of the molecule is CON[N+]([O-])=NCCO. The molecule has 0 saturated carbocycles. The molecule has 0 heterocycles. The number of aliphatic hydroxyl groups is 1. The molecule has 0 aliphatic carbocycles. The van der Waals surface area contributed by atoms with Gasteiger partial charge in [-0.15, -0.1) is 0 Å². The molecule has 6 heteroatoms. The molecule has 0 fully saturated rings. The molecule has 0 amide bonds. The van der Waals surface area contributed by atoms with Gasteiger partial charge in [-0.05, 0) is 5.59 Å². The maximum atomic E-state index is 10.2. The second-order valence-corrected chi connectivity index (χ2v) is 1.16. The van der Waals surface area contributed by atoms with Crippen LogP contribution in [0.3, 0.4) is 0 Å². The Bertz CT molecular complexity index is 94.3. The summed E-state index contributed by atoms with van der Waals surface area (Å²) < 4.78 is 0. The van der Waals surface area contributed by atoms with Gasteiger partial charge in [-0.3, -0.25) is 0 Å². The van der Waals surface area contributed by atoms with Crippen LogP contribution in [0.1, 0.15) is 0 Å². The van der Waals surface area contributed by atoms with E-state index < -0.39 is 0 Å².